The van der Waals surface area contributed by atoms with Crippen molar-refractivity contribution in [2.75, 3.05) is 6.54 Å². The van der Waals surface area contributed by atoms with Crippen LogP contribution in [0.4, 0.5) is 0 Å². The van der Waals surface area contributed by atoms with Crippen LogP contribution in [0.2, 0.25) is 0 Å². The van der Waals surface area contributed by atoms with Gasteiger partial charge in [-0.05, 0) is 42.0 Å². The zero-order chi connectivity index (χ0) is 15.9. The van der Waals surface area contributed by atoms with Crippen LogP contribution in [0.1, 0.15) is 16.9 Å². The van der Waals surface area contributed by atoms with Crippen LogP contribution in [0.5, 0.6) is 0 Å². The van der Waals surface area contributed by atoms with Gasteiger partial charge in [0, 0.05) is 27.6 Å². The quantitative estimate of drug-likeness (QED) is 0.659. The van der Waals surface area contributed by atoms with E-state index in [0.717, 1.165) is 12.8 Å². The van der Waals surface area contributed by atoms with E-state index < -0.39 is 0 Å². The van der Waals surface area contributed by atoms with E-state index in [-0.39, 0.29) is 5.91 Å². The van der Waals surface area contributed by atoms with Crippen molar-refractivity contribution in [1.29, 1.82) is 0 Å². The van der Waals surface area contributed by atoms with Crippen molar-refractivity contribution in [3.63, 3.8) is 0 Å². The lowest BCUT2D eigenvalue weighted by molar-refractivity contribution is -0.121. The molecule has 0 radical (unpaired) electrons. The molecule has 0 fully saturated rings. The summed E-state index contributed by atoms with van der Waals surface area (Å²) in [7, 11) is 0. The first kappa shape index (κ1) is 16.0. The van der Waals surface area contributed by atoms with Gasteiger partial charge >= 0.3 is 0 Å². The van der Waals surface area contributed by atoms with Gasteiger partial charge in [0.25, 0.3) is 0 Å². The molecule has 0 unspecified atom stereocenters. The van der Waals surface area contributed by atoms with Gasteiger partial charge in [0.05, 0.1) is 0 Å². The molecule has 1 aromatic carbocycles. The first-order chi connectivity index (χ1) is 11.3. The second kappa shape index (κ2) is 8.09. The molecular weight excluding hydrogens is 322 g/mol. The second-order valence-electron chi connectivity index (χ2n) is 5.33. The Morgan fingerprint density at radius 3 is 2.57 bits per heavy atom. The van der Waals surface area contributed by atoms with Crippen LogP contribution in [-0.2, 0) is 17.6 Å². The molecule has 1 N–H and O–H groups in total. The molecule has 2 aromatic heterocycles. The SMILES string of the molecule is O=C(CCc1ccccc1)NCCc1ccc(-c2cccs2)s1. The molecule has 2 heterocycles. The fourth-order valence-corrected chi connectivity index (χ4v) is 4.22. The van der Waals surface area contributed by atoms with Crippen LogP contribution >= 0.6 is 22.7 Å². The minimum atomic E-state index is 0.129. The Kier molecular flexibility index (Phi) is 5.61. The standard InChI is InChI=1S/C19H19NOS2/c21-19(11-8-15-5-2-1-3-6-15)20-13-12-16-9-10-18(23-16)17-7-4-14-22-17/h1-7,9-10,14H,8,11-13H2,(H,20,21). The van der Waals surface area contributed by atoms with Gasteiger partial charge in [0.2, 0.25) is 5.91 Å². The normalized spacial score (nSPS) is 10.6. The number of benzene rings is 1. The zero-order valence-corrected chi connectivity index (χ0v) is 14.5. The summed E-state index contributed by atoms with van der Waals surface area (Å²) < 4.78 is 0. The highest BCUT2D eigenvalue weighted by atomic mass is 32.1. The first-order valence-electron chi connectivity index (χ1n) is 7.74. The first-order valence-corrected chi connectivity index (χ1v) is 9.44. The van der Waals surface area contributed by atoms with Crippen molar-refractivity contribution in [3.05, 3.63) is 70.4 Å². The molecule has 3 rings (SSSR count). The Bertz CT molecular complexity index is 732. The van der Waals surface area contributed by atoms with Crippen molar-refractivity contribution in [2.24, 2.45) is 0 Å². The highest BCUT2D eigenvalue weighted by molar-refractivity contribution is 7.21. The van der Waals surface area contributed by atoms with Gasteiger partial charge in [-0.15, -0.1) is 22.7 Å². The molecule has 4 heteroatoms. The molecule has 0 saturated carbocycles. The van der Waals surface area contributed by atoms with Gasteiger partial charge in [-0.3, -0.25) is 4.79 Å². The maximum Gasteiger partial charge on any atom is 0.220 e. The third-order valence-corrected chi connectivity index (χ3v) is 5.81. The Morgan fingerprint density at radius 2 is 1.78 bits per heavy atom. The van der Waals surface area contributed by atoms with Gasteiger partial charge in [-0.25, -0.2) is 0 Å². The molecule has 0 aliphatic carbocycles. The van der Waals surface area contributed by atoms with E-state index in [1.165, 1.54) is 20.2 Å². The summed E-state index contributed by atoms with van der Waals surface area (Å²) in [4.78, 5) is 15.8. The van der Waals surface area contributed by atoms with Crippen molar-refractivity contribution in [2.45, 2.75) is 19.3 Å². The monoisotopic (exact) mass is 341 g/mol. The lowest BCUT2D eigenvalue weighted by Crippen LogP contribution is -2.25. The maximum absolute atomic E-state index is 11.9. The van der Waals surface area contributed by atoms with Gasteiger partial charge in [-0.1, -0.05) is 36.4 Å². The average molecular weight is 342 g/mol. The van der Waals surface area contributed by atoms with E-state index in [1.54, 1.807) is 11.3 Å². The Labute approximate surface area is 144 Å². The van der Waals surface area contributed by atoms with E-state index in [4.69, 9.17) is 0 Å². The molecule has 0 bridgehead atoms. The number of aryl methyl sites for hydroxylation is 1. The van der Waals surface area contributed by atoms with Gasteiger partial charge < -0.3 is 5.32 Å². The molecule has 118 valence electrons. The van der Waals surface area contributed by atoms with Crippen LogP contribution in [-0.4, -0.2) is 12.5 Å². The minimum Gasteiger partial charge on any atom is -0.356 e. The highest BCUT2D eigenvalue weighted by Gasteiger charge is 2.05. The van der Waals surface area contributed by atoms with E-state index in [0.29, 0.717) is 13.0 Å². The molecule has 0 spiro atoms. The number of carbonyl (C=O) groups excluding carboxylic acids is 1. The number of rotatable bonds is 7. The van der Waals surface area contributed by atoms with E-state index in [9.17, 15) is 4.79 Å². The van der Waals surface area contributed by atoms with Crippen molar-refractivity contribution < 1.29 is 4.79 Å². The van der Waals surface area contributed by atoms with Crippen molar-refractivity contribution in [1.82, 2.24) is 5.32 Å². The number of hydrogen-bond acceptors (Lipinski definition) is 3. The molecule has 3 aromatic rings. The predicted octanol–water partition coefficient (Wildman–Crippen LogP) is 4.77. The molecule has 0 atom stereocenters. The molecular formula is C19H19NOS2. The van der Waals surface area contributed by atoms with E-state index >= 15 is 0 Å². The number of amides is 1. The third kappa shape index (κ3) is 4.78. The lowest BCUT2D eigenvalue weighted by Gasteiger charge is -2.04. The summed E-state index contributed by atoms with van der Waals surface area (Å²) in [6.45, 7) is 0.706. The smallest absolute Gasteiger partial charge is 0.220 e. The van der Waals surface area contributed by atoms with Crippen LogP contribution < -0.4 is 5.32 Å². The zero-order valence-electron chi connectivity index (χ0n) is 12.8. The average Bonchev–Trinajstić information content (AvgIpc) is 3.25. The molecule has 0 aliphatic heterocycles. The summed E-state index contributed by atoms with van der Waals surface area (Å²) in [5.41, 5.74) is 1.21. The molecule has 1 amide bonds. The fourth-order valence-electron chi connectivity index (χ4n) is 2.38. The summed E-state index contributed by atoms with van der Waals surface area (Å²) >= 11 is 3.57. The number of thiophene rings is 2. The van der Waals surface area contributed by atoms with Gasteiger partial charge in [-0.2, -0.15) is 0 Å². The Hall–Kier alpha value is -1.91. The number of nitrogens with one attached hydrogen (secondary N) is 1. The van der Waals surface area contributed by atoms with Crippen LogP contribution in [0.15, 0.2) is 60.0 Å². The lowest BCUT2D eigenvalue weighted by atomic mass is 10.1. The van der Waals surface area contributed by atoms with Crippen LogP contribution in [0.25, 0.3) is 9.75 Å². The summed E-state index contributed by atoms with van der Waals surface area (Å²) in [5.74, 6) is 0.129. The molecule has 0 aliphatic rings. The third-order valence-electron chi connectivity index (χ3n) is 3.60. The minimum absolute atomic E-state index is 0.129. The summed E-state index contributed by atoms with van der Waals surface area (Å²) in [6, 6.07) is 18.7. The van der Waals surface area contributed by atoms with Gasteiger partial charge in [0.1, 0.15) is 0 Å². The van der Waals surface area contributed by atoms with Crippen LogP contribution in [0.3, 0.4) is 0 Å². The van der Waals surface area contributed by atoms with Gasteiger partial charge in [0.15, 0.2) is 0 Å². The predicted molar refractivity (Wildman–Crippen MR) is 99.1 cm³/mol. The fraction of sp³-hybridized carbons (Fsp3) is 0.211. The van der Waals surface area contributed by atoms with Crippen LogP contribution in [0, 0.1) is 0 Å². The maximum atomic E-state index is 11.9. The Morgan fingerprint density at radius 1 is 0.913 bits per heavy atom. The largest absolute Gasteiger partial charge is 0.356 e. The van der Waals surface area contributed by atoms with Crippen molar-refractivity contribution >= 4 is 28.6 Å². The number of carbonyl (C=O) groups is 1. The molecule has 0 saturated heterocycles. The topological polar surface area (TPSA) is 29.1 Å². The van der Waals surface area contributed by atoms with E-state index in [1.807, 2.05) is 29.5 Å². The highest BCUT2D eigenvalue weighted by Crippen LogP contribution is 2.31. The molecule has 2 nitrogen and oxygen atoms in total. The number of hydrogen-bond donors (Lipinski definition) is 1. The Balaban J connectivity index is 1.40. The van der Waals surface area contributed by atoms with Crippen molar-refractivity contribution in [3.8, 4) is 9.75 Å². The second-order valence-corrected chi connectivity index (χ2v) is 7.44. The van der Waals surface area contributed by atoms with E-state index in [2.05, 4.69) is 47.1 Å². The summed E-state index contributed by atoms with van der Waals surface area (Å²) in [6.07, 6.45) is 2.25. The summed E-state index contributed by atoms with van der Waals surface area (Å²) in [5, 5.41) is 5.11. The molecule has 23 heavy (non-hydrogen) atoms.